The van der Waals surface area contributed by atoms with E-state index in [-0.39, 0.29) is 11.7 Å². The Morgan fingerprint density at radius 1 is 1.45 bits per heavy atom. The van der Waals surface area contributed by atoms with Crippen LogP contribution in [0.3, 0.4) is 0 Å². The first-order valence-corrected chi connectivity index (χ1v) is 6.93. The van der Waals surface area contributed by atoms with E-state index in [0.29, 0.717) is 23.8 Å². The van der Waals surface area contributed by atoms with Crippen molar-refractivity contribution >= 4 is 11.5 Å². The molecule has 1 saturated carbocycles. The molecule has 0 saturated heterocycles. The van der Waals surface area contributed by atoms with Crippen LogP contribution in [0.15, 0.2) is 24.3 Å². The lowest BCUT2D eigenvalue weighted by molar-refractivity contribution is -0.116. The summed E-state index contributed by atoms with van der Waals surface area (Å²) >= 11 is 0. The van der Waals surface area contributed by atoms with Gasteiger partial charge in [-0.2, -0.15) is 0 Å². The van der Waals surface area contributed by atoms with Crippen molar-refractivity contribution in [1.82, 2.24) is 5.32 Å². The Morgan fingerprint density at radius 3 is 2.90 bits per heavy atom. The summed E-state index contributed by atoms with van der Waals surface area (Å²) in [7, 11) is 0. The Kier molecular flexibility index (Phi) is 3.04. The first-order valence-electron chi connectivity index (χ1n) is 6.93. The van der Waals surface area contributed by atoms with Crippen molar-refractivity contribution in [2.24, 2.45) is 0 Å². The van der Waals surface area contributed by atoms with Crippen molar-refractivity contribution in [1.29, 1.82) is 0 Å². The number of ether oxygens (including phenoxy) is 1. The van der Waals surface area contributed by atoms with E-state index in [4.69, 9.17) is 4.74 Å². The van der Waals surface area contributed by atoms with E-state index in [9.17, 15) is 9.18 Å². The Balaban J connectivity index is 1.94. The second kappa shape index (κ2) is 4.62. The van der Waals surface area contributed by atoms with Crippen LogP contribution in [0, 0.1) is 5.82 Å². The number of carbonyl (C=O) groups is 1. The minimum atomic E-state index is -0.392. The van der Waals surface area contributed by atoms with E-state index in [1.807, 2.05) is 13.8 Å². The summed E-state index contributed by atoms with van der Waals surface area (Å²) in [5.41, 5.74) is 1.11. The van der Waals surface area contributed by atoms with Gasteiger partial charge in [0.25, 0.3) is 0 Å². The molecule has 1 aromatic rings. The van der Waals surface area contributed by atoms with E-state index in [2.05, 4.69) is 5.32 Å². The van der Waals surface area contributed by atoms with Crippen molar-refractivity contribution in [2.75, 3.05) is 0 Å². The number of hydrogen-bond acceptors (Lipinski definition) is 2. The molecule has 2 aliphatic rings. The molecule has 3 rings (SSSR count). The zero-order valence-corrected chi connectivity index (χ0v) is 11.7. The summed E-state index contributed by atoms with van der Waals surface area (Å²) in [5, 5.41) is 2.92. The Hall–Kier alpha value is -1.84. The van der Waals surface area contributed by atoms with E-state index >= 15 is 0 Å². The van der Waals surface area contributed by atoms with Gasteiger partial charge in [-0.3, -0.25) is 4.79 Å². The first kappa shape index (κ1) is 13.2. The number of amides is 1. The number of carbonyl (C=O) groups excluding carboxylic acids is 1. The van der Waals surface area contributed by atoms with E-state index < -0.39 is 5.60 Å². The summed E-state index contributed by atoms with van der Waals surface area (Å²) in [6, 6.07) is 4.75. The van der Waals surface area contributed by atoms with Gasteiger partial charge in [0.05, 0.1) is 0 Å². The highest BCUT2D eigenvalue weighted by Crippen LogP contribution is 2.40. The molecule has 0 spiro atoms. The number of fused-ring (bicyclic) bond motifs is 1. The van der Waals surface area contributed by atoms with Gasteiger partial charge in [-0.1, -0.05) is 0 Å². The van der Waals surface area contributed by atoms with Gasteiger partial charge < -0.3 is 10.1 Å². The fourth-order valence-corrected chi connectivity index (χ4v) is 2.49. The molecular formula is C16H18FNO2. The Labute approximate surface area is 117 Å². The van der Waals surface area contributed by atoms with Crippen LogP contribution in [0.25, 0.3) is 5.57 Å². The van der Waals surface area contributed by atoms with E-state index in [0.717, 1.165) is 18.4 Å². The van der Waals surface area contributed by atoms with Crippen LogP contribution in [-0.4, -0.2) is 17.6 Å². The van der Waals surface area contributed by atoms with Gasteiger partial charge in [0.1, 0.15) is 17.2 Å². The highest BCUT2D eigenvalue weighted by Gasteiger charge is 2.31. The average Bonchev–Trinajstić information content (AvgIpc) is 3.13. The van der Waals surface area contributed by atoms with Crippen LogP contribution in [0.2, 0.25) is 0 Å². The molecule has 1 aliphatic heterocycles. The third kappa shape index (κ3) is 2.84. The van der Waals surface area contributed by atoms with Gasteiger partial charge in [-0.15, -0.1) is 0 Å². The monoisotopic (exact) mass is 275 g/mol. The summed E-state index contributed by atoms with van der Waals surface area (Å²) in [6.45, 7) is 3.93. The molecular weight excluding hydrogens is 257 g/mol. The predicted molar refractivity (Wildman–Crippen MR) is 74.9 cm³/mol. The molecule has 3 nitrogen and oxygen atoms in total. The van der Waals surface area contributed by atoms with Crippen LogP contribution in [0.4, 0.5) is 4.39 Å². The molecule has 1 aliphatic carbocycles. The zero-order chi connectivity index (χ0) is 14.3. The molecule has 1 fully saturated rings. The number of benzene rings is 1. The topological polar surface area (TPSA) is 38.3 Å². The third-order valence-corrected chi connectivity index (χ3v) is 3.52. The zero-order valence-electron chi connectivity index (χ0n) is 11.7. The fourth-order valence-electron chi connectivity index (χ4n) is 2.49. The normalized spacial score (nSPS) is 22.1. The molecule has 1 N–H and O–H groups in total. The number of rotatable bonds is 2. The number of halogens is 1. The van der Waals surface area contributed by atoms with Crippen LogP contribution in [0.5, 0.6) is 5.75 Å². The van der Waals surface area contributed by atoms with Crippen molar-refractivity contribution in [3.05, 3.63) is 35.7 Å². The summed E-state index contributed by atoms with van der Waals surface area (Å²) in [5.74, 6) is 0.212. The van der Waals surface area contributed by atoms with Crippen molar-refractivity contribution in [3.63, 3.8) is 0 Å². The lowest BCUT2D eigenvalue weighted by Crippen LogP contribution is -2.33. The smallest absolute Gasteiger partial charge is 0.244 e. The van der Waals surface area contributed by atoms with Crippen LogP contribution in [0.1, 0.15) is 38.7 Å². The highest BCUT2D eigenvalue weighted by molar-refractivity contribution is 5.96. The second-order valence-corrected chi connectivity index (χ2v) is 6.13. The van der Waals surface area contributed by atoms with Crippen molar-refractivity contribution in [3.8, 4) is 5.75 Å². The maximum atomic E-state index is 13.4. The predicted octanol–water partition coefficient (Wildman–Crippen LogP) is 3.05. The Bertz CT molecular complexity index is 588. The molecule has 0 radical (unpaired) electrons. The molecule has 106 valence electrons. The van der Waals surface area contributed by atoms with Crippen molar-refractivity contribution < 1.29 is 13.9 Å². The summed E-state index contributed by atoms with van der Waals surface area (Å²) in [6.07, 6.45) is 4.27. The van der Waals surface area contributed by atoms with Gasteiger partial charge in [0.15, 0.2) is 0 Å². The molecule has 1 amide bonds. The highest BCUT2D eigenvalue weighted by atomic mass is 19.1. The molecule has 0 bridgehead atoms. The lowest BCUT2D eigenvalue weighted by atomic mass is 9.89. The maximum Gasteiger partial charge on any atom is 0.244 e. The quantitative estimate of drug-likeness (QED) is 0.842. The largest absolute Gasteiger partial charge is 0.487 e. The van der Waals surface area contributed by atoms with Crippen molar-refractivity contribution in [2.45, 2.75) is 44.8 Å². The number of nitrogens with one attached hydrogen (secondary N) is 1. The first-order chi connectivity index (χ1) is 9.43. The molecule has 1 aromatic carbocycles. The van der Waals surface area contributed by atoms with Gasteiger partial charge in [-0.25, -0.2) is 4.39 Å². The fraction of sp³-hybridized carbons (Fsp3) is 0.438. The maximum absolute atomic E-state index is 13.4. The molecule has 4 heteroatoms. The van der Waals surface area contributed by atoms with Crippen LogP contribution in [-0.2, 0) is 4.79 Å². The van der Waals surface area contributed by atoms with Gasteiger partial charge in [0.2, 0.25) is 5.91 Å². The average molecular weight is 275 g/mol. The van der Waals surface area contributed by atoms with Crippen LogP contribution < -0.4 is 10.1 Å². The lowest BCUT2D eigenvalue weighted by Gasteiger charge is -2.34. The van der Waals surface area contributed by atoms with E-state index in [1.54, 1.807) is 12.1 Å². The summed E-state index contributed by atoms with van der Waals surface area (Å²) < 4.78 is 19.3. The Morgan fingerprint density at radius 2 is 2.20 bits per heavy atom. The standard InChI is InChI=1S/C16H18FNO2/c1-16(2)9-10(7-15(19)18-12-4-5-12)13-8-11(17)3-6-14(13)20-16/h3,6-8,12H,4-5,9H2,1-2H3,(H,18,19). The minimum absolute atomic E-state index is 0.101. The van der Waals surface area contributed by atoms with Crippen LogP contribution >= 0.6 is 0 Å². The molecule has 1 heterocycles. The van der Waals surface area contributed by atoms with Gasteiger partial charge in [0, 0.05) is 24.1 Å². The van der Waals surface area contributed by atoms with E-state index in [1.165, 1.54) is 12.1 Å². The molecule has 20 heavy (non-hydrogen) atoms. The third-order valence-electron chi connectivity index (χ3n) is 3.52. The molecule has 0 unspecified atom stereocenters. The minimum Gasteiger partial charge on any atom is -0.487 e. The number of hydrogen-bond donors (Lipinski definition) is 1. The molecule has 0 aromatic heterocycles. The van der Waals surface area contributed by atoms with Gasteiger partial charge >= 0.3 is 0 Å². The van der Waals surface area contributed by atoms with Gasteiger partial charge in [-0.05, 0) is 50.5 Å². The second-order valence-electron chi connectivity index (χ2n) is 6.13. The molecule has 0 atom stereocenters. The summed E-state index contributed by atoms with van der Waals surface area (Å²) in [4.78, 5) is 11.9. The SMILES string of the molecule is CC1(C)CC(=CC(=O)NC2CC2)c2cc(F)ccc2O1.